The van der Waals surface area contributed by atoms with Gasteiger partial charge in [0, 0.05) is 27.9 Å². The first kappa shape index (κ1) is 21.4. The van der Waals surface area contributed by atoms with E-state index in [2.05, 4.69) is 4.98 Å². The van der Waals surface area contributed by atoms with Gasteiger partial charge in [-0.3, -0.25) is 4.57 Å². The zero-order chi connectivity index (χ0) is 21.6. The molecule has 5 nitrogen and oxygen atoms in total. The normalized spacial score (nSPS) is 10.9. The highest BCUT2D eigenvalue weighted by Gasteiger charge is 2.15. The predicted octanol–water partition coefficient (Wildman–Crippen LogP) is 6.37. The Labute approximate surface area is 191 Å². The van der Waals surface area contributed by atoms with E-state index in [0.29, 0.717) is 6.61 Å². The zero-order valence-corrected chi connectivity index (χ0v) is 19.1. The van der Waals surface area contributed by atoms with Gasteiger partial charge in [0.25, 0.3) is 0 Å². The molecule has 0 fully saturated rings. The number of unbranched alkanes of at least 4 members (excludes halogenated alkanes) is 1. The standard InChI is InChI=1S/C24H24ClN3O2S/c1-17-26-14-15-28(17)24-27-23(18-10-12-19(25)13-11-18)22(31-24)9-5-6-16-30-21-8-4-3-7-20(21)29-2/h3-4,7-8,10-15H,5-6,9,16H2,1-2H3. The molecular formula is C24H24ClN3O2S. The quantitative estimate of drug-likeness (QED) is 0.276. The molecular weight excluding hydrogens is 430 g/mol. The van der Waals surface area contributed by atoms with Crippen LogP contribution in [0.1, 0.15) is 23.5 Å². The van der Waals surface area contributed by atoms with Crippen molar-refractivity contribution in [2.45, 2.75) is 26.2 Å². The first-order valence-electron chi connectivity index (χ1n) is 10.2. The number of hydrogen-bond donors (Lipinski definition) is 0. The van der Waals surface area contributed by atoms with Crippen LogP contribution in [-0.4, -0.2) is 28.3 Å². The number of thiazole rings is 1. The smallest absolute Gasteiger partial charge is 0.195 e. The summed E-state index contributed by atoms with van der Waals surface area (Å²) in [5.74, 6) is 2.46. The maximum atomic E-state index is 6.08. The van der Waals surface area contributed by atoms with Crippen molar-refractivity contribution in [3.63, 3.8) is 0 Å². The summed E-state index contributed by atoms with van der Waals surface area (Å²) in [6, 6.07) is 15.6. The number of aryl methyl sites for hydroxylation is 2. The maximum absolute atomic E-state index is 6.08. The fourth-order valence-corrected chi connectivity index (χ4v) is 4.61. The van der Waals surface area contributed by atoms with Crippen LogP contribution in [0.5, 0.6) is 11.5 Å². The Kier molecular flexibility index (Phi) is 6.89. The van der Waals surface area contributed by atoms with Gasteiger partial charge in [-0.15, -0.1) is 11.3 Å². The van der Waals surface area contributed by atoms with Gasteiger partial charge in [0.05, 0.1) is 19.4 Å². The molecule has 0 bridgehead atoms. The van der Waals surface area contributed by atoms with E-state index in [1.165, 1.54) is 4.88 Å². The molecule has 0 aliphatic rings. The second kappa shape index (κ2) is 9.98. The highest BCUT2D eigenvalue weighted by molar-refractivity contribution is 7.14. The molecule has 0 aliphatic carbocycles. The lowest BCUT2D eigenvalue weighted by atomic mass is 10.1. The van der Waals surface area contributed by atoms with Crippen molar-refractivity contribution in [1.82, 2.24) is 14.5 Å². The number of rotatable bonds is 9. The van der Waals surface area contributed by atoms with Gasteiger partial charge in [-0.2, -0.15) is 0 Å². The maximum Gasteiger partial charge on any atom is 0.195 e. The van der Waals surface area contributed by atoms with Crippen LogP contribution in [0, 0.1) is 6.92 Å². The molecule has 0 unspecified atom stereocenters. The zero-order valence-electron chi connectivity index (χ0n) is 17.5. The van der Waals surface area contributed by atoms with Crippen LogP contribution >= 0.6 is 22.9 Å². The molecule has 0 saturated heterocycles. The van der Waals surface area contributed by atoms with E-state index >= 15 is 0 Å². The van der Waals surface area contributed by atoms with Crippen LogP contribution < -0.4 is 9.47 Å². The number of methoxy groups -OCH3 is 1. The molecule has 160 valence electrons. The van der Waals surface area contributed by atoms with E-state index in [4.69, 9.17) is 26.1 Å². The van der Waals surface area contributed by atoms with Crippen LogP contribution in [-0.2, 0) is 6.42 Å². The molecule has 2 aromatic carbocycles. The molecule has 0 spiro atoms. The summed E-state index contributed by atoms with van der Waals surface area (Å²) < 4.78 is 13.3. The Morgan fingerprint density at radius 1 is 1.03 bits per heavy atom. The highest BCUT2D eigenvalue weighted by Crippen LogP contribution is 2.33. The number of hydrogen-bond acceptors (Lipinski definition) is 5. The van der Waals surface area contributed by atoms with Crippen LogP contribution in [0.2, 0.25) is 5.02 Å². The van der Waals surface area contributed by atoms with Crippen LogP contribution in [0.3, 0.4) is 0 Å². The van der Waals surface area contributed by atoms with E-state index in [1.54, 1.807) is 24.6 Å². The van der Waals surface area contributed by atoms with Crippen molar-refractivity contribution in [3.05, 3.63) is 76.6 Å². The summed E-state index contributed by atoms with van der Waals surface area (Å²) in [7, 11) is 1.66. The molecule has 7 heteroatoms. The van der Waals surface area contributed by atoms with Crippen molar-refractivity contribution < 1.29 is 9.47 Å². The molecule has 2 heterocycles. The number of benzene rings is 2. The third kappa shape index (κ3) is 5.09. The number of imidazole rings is 1. The lowest BCUT2D eigenvalue weighted by molar-refractivity contribution is 0.286. The van der Waals surface area contributed by atoms with Gasteiger partial charge in [-0.05, 0) is 50.5 Å². The summed E-state index contributed by atoms with van der Waals surface area (Å²) in [5.41, 5.74) is 2.08. The van der Waals surface area contributed by atoms with Gasteiger partial charge in [-0.25, -0.2) is 9.97 Å². The second-order valence-corrected chi connectivity index (χ2v) is 8.57. The molecule has 0 amide bonds. The minimum atomic E-state index is 0.642. The number of para-hydroxylation sites is 2. The van der Waals surface area contributed by atoms with Crippen molar-refractivity contribution in [2.24, 2.45) is 0 Å². The number of ether oxygens (including phenoxy) is 2. The van der Waals surface area contributed by atoms with E-state index in [1.807, 2.05) is 66.2 Å². The lowest BCUT2D eigenvalue weighted by Gasteiger charge is -2.10. The lowest BCUT2D eigenvalue weighted by Crippen LogP contribution is -2.00. The van der Waals surface area contributed by atoms with E-state index in [-0.39, 0.29) is 0 Å². The van der Waals surface area contributed by atoms with Crippen LogP contribution in [0.4, 0.5) is 0 Å². The van der Waals surface area contributed by atoms with Gasteiger partial charge in [0.15, 0.2) is 16.6 Å². The minimum absolute atomic E-state index is 0.642. The van der Waals surface area contributed by atoms with Crippen molar-refractivity contribution in [1.29, 1.82) is 0 Å². The van der Waals surface area contributed by atoms with Gasteiger partial charge in [0.2, 0.25) is 0 Å². The molecule has 4 aromatic rings. The van der Waals surface area contributed by atoms with Crippen molar-refractivity contribution in [3.8, 4) is 27.9 Å². The summed E-state index contributed by atoms with van der Waals surface area (Å²) in [6.07, 6.45) is 6.62. The molecule has 0 saturated carbocycles. The molecule has 2 aromatic heterocycles. The second-order valence-electron chi connectivity index (χ2n) is 7.08. The number of halogens is 1. The first-order valence-corrected chi connectivity index (χ1v) is 11.4. The Hall–Kier alpha value is -2.83. The summed E-state index contributed by atoms with van der Waals surface area (Å²) in [6.45, 7) is 2.63. The van der Waals surface area contributed by atoms with Crippen molar-refractivity contribution >= 4 is 22.9 Å². The third-order valence-corrected chi connectivity index (χ3v) is 6.33. The number of aromatic nitrogens is 3. The molecule has 31 heavy (non-hydrogen) atoms. The topological polar surface area (TPSA) is 49.2 Å². The molecule has 0 atom stereocenters. The molecule has 0 radical (unpaired) electrons. The van der Waals surface area contributed by atoms with Crippen molar-refractivity contribution in [2.75, 3.05) is 13.7 Å². The SMILES string of the molecule is COc1ccccc1OCCCCc1sc(-n2ccnc2C)nc1-c1ccc(Cl)cc1. The largest absolute Gasteiger partial charge is 0.493 e. The van der Waals surface area contributed by atoms with Gasteiger partial charge >= 0.3 is 0 Å². The Bertz CT molecular complexity index is 1140. The third-order valence-electron chi connectivity index (χ3n) is 4.96. The first-order chi connectivity index (χ1) is 15.2. The van der Waals surface area contributed by atoms with Crippen LogP contribution in [0.15, 0.2) is 60.9 Å². The molecule has 0 N–H and O–H groups in total. The average molecular weight is 454 g/mol. The van der Waals surface area contributed by atoms with Gasteiger partial charge in [0.1, 0.15) is 5.82 Å². The molecule has 0 aliphatic heterocycles. The molecule has 4 rings (SSSR count). The minimum Gasteiger partial charge on any atom is -0.493 e. The number of nitrogens with zero attached hydrogens (tertiary/aromatic N) is 3. The Morgan fingerprint density at radius 2 is 1.81 bits per heavy atom. The Morgan fingerprint density at radius 3 is 2.52 bits per heavy atom. The van der Waals surface area contributed by atoms with E-state index < -0.39 is 0 Å². The Balaban J connectivity index is 1.46. The summed E-state index contributed by atoms with van der Waals surface area (Å²) in [4.78, 5) is 10.5. The van der Waals surface area contributed by atoms with Crippen LogP contribution in [0.25, 0.3) is 16.4 Å². The van der Waals surface area contributed by atoms with Gasteiger partial charge < -0.3 is 9.47 Å². The highest BCUT2D eigenvalue weighted by atomic mass is 35.5. The van der Waals surface area contributed by atoms with E-state index in [9.17, 15) is 0 Å². The fraction of sp³-hybridized carbons (Fsp3) is 0.250. The summed E-state index contributed by atoms with van der Waals surface area (Å²) in [5, 5.41) is 1.65. The van der Waals surface area contributed by atoms with Gasteiger partial charge in [-0.1, -0.05) is 35.9 Å². The fourth-order valence-electron chi connectivity index (χ4n) is 3.33. The van der Waals surface area contributed by atoms with E-state index in [0.717, 1.165) is 58.0 Å². The average Bonchev–Trinajstić information content (AvgIpc) is 3.40. The predicted molar refractivity (Wildman–Crippen MR) is 126 cm³/mol. The summed E-state index contributed by atoms with van der Waals surface area (Å²) >= 11 is 7.79. The monoisotopic (exact) mass is 453 g/mol.